The Bertz CT molecular complexity index is 463. The van der Waals surface area contributed by atoms with Gasteiger partial charge in [0.05, 0.1) is 4.92 Å². The molecule has 1 saturated heterocycles. The maximum absolute atomic E-state index is 10.7. The fraction of sp³-hybridized carbons (Fsp3) is 0.600. The lowest BCUT2D eigenvalue weighted by Crippen LogP contribution is -2.48. The summed E-state index contributed by atoms with van der Waals surface area (Å²) >= 11 is 0. The smallest absolute Gasteiger partial charge is 0.269 e. The first-order valence-corrected chi connectivity index (χ1v) is 7.04. The van der Waals surface area contributed by atoms with Gasteiger partial charge in [-0.05, 0) is 12.6 Å². The SMILES string of the molecule is CN1CCN(CC(C)(C)c2ccc([N+](=O)[O-])cc2)CC1. The van der Waals surface area contributed by atoms with Gasteiger partial charge < -0.3 is 4.90 Å². The van der Waals surface area contributed by atoms with Crippen molar-refractivity contribution < 1.29 is 4.92 Å². The van der Waals surface area contributed by atoms with E-state index in [4.69, 9.17) is 0 Å². The molecule has 0 spiro atoms. The molecule has 0 radical (unpaired) electrons. The highest BCUT2D eigenvalue weighted by Crippen LogP contribution is 2.26. The number of nitro benzene ring substituents is 1. The summed E-state index contributed by atoms with van der Waals surface area (Å²) < 4.78 is 0. The zero-order valence-electron chi connectivity index (χ0n) is 12.5. The molecule has 0 saturated carbocycles. The van der Waals surface area contributed by atoms with E-state index < -0.39 is 0 Å². The highest BCUT2D eigenvalue weighted by Gasteiger charge is 2.26. The number of hydrogen-bond acceptors (Lipinski definition) is 4. The molecule has 1 fully saturated rings. The third-order valence-corrected chi connectivity index (χ3v) is 4.07. The van der Waals surface area contributed by atoms with E-state index in [0.29, 0.717) is 0 Å². The van der Waals surface area contributed by atoms with Crippen LogP contribution in [0.25, 0.3) is 0 Å². The molecule has 110 valence electrons. The molecule has 1 aromatic carbocycles. The van der Waals surface area contributed by atoms with Gasteiger partial charge in [0.15, 0.2) is 0 Å². The van der Waals surface area contributed by atoms with Crippen molar-refractivity contribution in [1.29, 1.82) is 0 Å². The first-order valence-electron chi connectivity index (χ1n) is 7.04. The molecule has 1 heterocycles. The van der Waals surface area contributed by atoms with Crippen molar-refractivity contribution in [3.63, 3.8) is 0 Å². The Morgan fingerprint density at radius 3 is 2.20 bits per heavy atom. The lowest BCUT2D eigenvalue weighted by atomic mass is 9.84. The second kappa shape index (κ2) is 5.89. The van der Waals surface area contributed by atoms with Crippen LogP contribution in [-0.4, -0.2) is 54.5 Å². The Kier molecular flexibility index (Phi) is 4.40. The van der Waals surface area contributed by atoms with Crippen molar-refractivity contribution in [3.05, 3.63) is 39.9 Å². The van der Waals surface area contributed by atoms with Gasteiger partial charge in [-0.2, -0.15) is 0 Å². The van der Waals surface area contributed by atoms with Crippen molar-refractivity contribution in [2.45, 2.75) is 19.3 Å². The molecule has 1 aromatic rings. The monoisotopic (exact) mass is 277 g/mol. The van der Waals surface area contributed by atoms with Crippen molar-refractivity contribution in [3.8, 4) is 0 Å². The number of likely N-dealkylation sites (N-methyl/N-ethyl adjacent to an activating group) is 1. The van der Waals surface area contributed by atoms with Gasteiger partial charge in [0, 0.05) is 50.3 Å². The third kappa shape index (κ3) is 3.55. The molecule has 0 unspecified atom stereocenters. The van der Waals surface area contributed by atoms with E-state index in [1.165, 1.54) is 0 Å². The Morgan fingerprint density at radius 1 is 1.15 bits per heavy atom. The van der Waals surface area contributed by atoms with Crippen LogP contribution < -0.4 is 0 Å². The van der Waals surface area contributed by atoms with Crippen LogP contribution >= 0.6 is 0 Å². The Morgan fingerprint density at radius 2 is 1.70 bits per heavy atom. The first kappa shape index (κ1) is 14.9. The zero-order valence-corrected chi connectivity index (χ0v) is 12.5. The van der Waals surface area contributed by atoms with Gasteiger partial charge in [0.25, 0.3) is 5.69 Å². The molecular formula is C15H23N3O2. The second-order valence-corrected chi connectivity index (χ2v) is 6.27. The minimum absolute atomic E-state index is 0.00500. The molecule has 0 N–H and O–H groups in total. The van der Waals surface area contributed by atoms with Crippen LogP contribution in [0.1, 0.15) is 19.4 Å². The summed E-state index contributed by atoms with van der Waals surface area (Å²) in [6.07, 6.45) is 0. The highest BCUT2D eigenvalue weighted by molar-refractivity contribution is 5.36. The predicted octanol–water partition coefficient (Wildman–Crippen LogP) is 2.12. The number of non-ortho nitro benzene ring substituents is 1. The molecule has 1 aliphatic heterocycles. The number of rotatable bonds is 4. The van der Waals surface area contributed by atoms with E-state index in [1.807, 2.05) is 12.1 Å². The minimum atomic E-state index is -0.350. The van der Waals surface area contributed by atoms with Gasteiger partial charge >= 0.3 is 0 Å². The van der Waals surface area contributed by atoms with Gasteiger partial charge in [-0.15, -0.1) is 0 Å². The minimum Gasteiger partial charge on any atom is -0.304 e. The van der Waals surface area contributed by atoms with Crippen molar-refractivity contribution in [2.24, 2.45) is 0 Å². The Hall–Kier alpha value is -1.46. The normalized spacial score (nSPS) is 18.1. The molecule has 0 aromatic heterocycles. The number of hydrogen-bond donors (Lipinski definition) is 0. The van der Waals surface area contributed by atoms with Gasteiger partial charge in [-0.1, -0.05) is 26.0 Å². The molecule has 2 rings (SSSR count). The summed E-state index contributed by atoms with van der Waals surface area (Å²) in [6, 6.07) is 6.96. The van der Waals surface area contributed by atoms with E-state index in [2.05, 4.69) is 30.7 Å². The molecule has 5 nitrogen and oxygen atoms in total. The zero-order chi connectivity index (χ0) is 14.8. The quantitative estimate of drug-likeness (QED) is 0.625. The maximum Gasteiger partial charge on any atom is 0.269 e. The Balaban J connectivity index is 2.03. The van der Waals surface area contributed by atoms with Crippen molar-refractivity contribution >= 4 is 5.69 Å². The number of benzene rings is 1. The van der Waals surface area contributed by atoms with Crippen LogP contribution in [-0.2, 0) is 5.41 Å². The molecule has 0 aliphatic carbocycles. The largest absolute Gasteiger partial charge is 0.304 e. The van der Waals surface area contributed by atoms with E-state index >= 15 is 0 Å². The van der Waals surface area contributed by atoms with E-state index in [0.717, 1.165) is 38.3 Å². The summed E-state index contributed by atoms with van der Waals surface area (Å²) in [4.78, 5) is 15.2. The summed E-state index contributed by atoms with van der Waals surface area (Å²) in [5.74, 6) is 0. The number of nitrogens with zero attached hydrogens (tertiary/aromatic N) is 3. The topological polar surface area (TPSA) is 49.6 Å². The average Bonchev–Trinajstić information content (AvgIpc) is 2.41. The predicted molar refractivity (Wildman–Crippen MR) is 80.1 cm³/mol. The van der Waals surface area contributed by atoms with Crippen LogP contribution in [0, 0.1) is 10.1 Å². The highest BCUT2D eigenvalue weighted by atomic mass is 16.6. The van der Waals surface area contributed by atoms with Gasteiger partial charge in [-0.3, -0.25) is 15.0 Å². The second-order valence-electron chi connectivity index (χ2n) is 6.27. The molecule has 1 aliphatic rings. The van der Waals surface area contributed by atoms with Crippen LogP contribution in [0.2, 0.25) is 0 Å². The van der Waals surface area contributed by atoms with Crippen molar-refractivity contribution in [2.75, 3.05) is 39.8 Å². The lowest BCUT2D eigenvalue weighted by Gasteiger charge is -2.38. The average molecular weight is 277 g/mol. The van der Waals surface area contributed by atoms with Crippen molar-refractivity contribution in [1.82, 2.24) is 9.80 Å². The van der Waals surface area contributed by atoms with Crippen LogP contribution in [0.4, 0.5) is 5.69 Å². The third-order valence-electron chi connectivity index (χ3n) is 4.07. The summed E-state index contributed by atoms with van der Waals surface area (Å²) in [7, 11) is 2.15. The maximum atomic E-state index is 10.7. The summed E-state index contributed by atoms with van der Waals surface area (Å²) in [5.41, 5.74) is 1.32. The van der Waals surface area contributed by atoms with Gasteiger partial charge in [0.1, 0.15) is 0 Å². The molecular weight excluding hydrogens is 254 g/mol. The van der Waals surface area contributed by atoms with E-state index in [1.54, 1.807) is 12.1 Å². The van der Waals surface area contributed by atoms with E-state index in [-0.39, 0.29) is 16.0 Å². The molecule has 0 bridgehead atoms. The Labute approximate surface area is 120 Å². The number of piperazine rings is 1. The van der Waals surface area contributed by atoms with Gasteiger partial charge in [0.2, 0.25) is 0 Å². The lowest BCUT2D eigenvalue weighted by molar-refractivity contribution is -0.384. The fourth-order valence-corrected chi connectivity index (χ4v) is 2.69. The molecule has 5 heteroatoms. The first-order chi connectivity index (χ1) is 9.38. The van der Waals surface area contributed by atoms with Gasteiger partial charge in [-0.25, -0.2) is 0 Å². The molecule has 0 atom stereocenters. The summed E-state index contributed by atoms with van der Waals surface area (Å²) in [6.45, 7) is 9.78. The van der Waals surface area contributed by atoms with Crippen LogP contribution in [0.5, 0.6) is 0 Å². The number of nitro groups is 1. The van der Waals surface area contributed by atoms with Crippen LogP contribution in [0.3, 0.4) is 0 Å². The summed E-state index contributed by atoms with van der Waals surface area (Å²) in [5, 5.41) is 10.7. The molecule has 0 amide bonds. The van der Waals surface area contributed by atoms with E-state index in [9.17, 15) is 10.1 Å². The fourth-order valence-electron chi connectivity index (χ4n) is 2.69. The van der Waals surface area contributed by atoms with Crippen LogP contribution in [0.15, 0.2) is 24.3 Å². The standard InChI is InChI=1S/C15H23N3O2/c1-15(2,12-17-10-8-16(3)9-11-17)13-4-6-14(7-5-13)18(19)20/h4-7H,8-12H2,1-3H3. The molecule has 20 heavy (non-hydrogen) atoms.